The average molecular weight is 388 g/mol. The molecule has 1 aliphatic heterocycles. The highest BCUT2D eigenvalue weighted by atomic mass is 32.2. The van der Waals surface area contributed by atoms with Crippen molar-refractivity contribution in [3.05, 3.63) is 46.6 Å². The van der Waals surface area contributed by atoms with Gasteiger partial charge in [0, 0.05) is 18.7 Å². The molecule has 1 fully saturated rings. The van der Waals surface area contributed by atoms with E-state index >= 15 is 0 Å². The van der Waals surface area contributed by atoms with Crippen LogP contribution in [-0.4, -0.2) is 40.5 Å². The number of carbonyl (C=O) groups is 1. The molecule has 1 saturated heterocycles. The van der Waals surface area contributed by atoms with Crippen molar-refractivity contribution >= 4 is 33.1 Å². The Morgan fingerprint density at radius 3 is 2.59 bits per heavy atom. The summed E-state index contributed by atoms with van der Waals surface area (Å²) in [5, 5.41) is 2.58. The summed E-state index contributed by atoms with van der Waals surface area (Å²) in [4.78, 5) is 33.8. The van der Waals surface area contributed by atoms with E-state index in [4.69, 9.17) is 0 Å². The van der Waals surface area contributed by atoms with Crippen LogP contribution in [0.4, 0.5) is 11.4 Å². The lowest BCUT2D eigenvalue weighted by Gasteiger charge is -2.16. The molecule has 0 atom stereocenters. The fourth-order valence-electron chi connectivity index (χ4n) is 3.00. The molecule has 11 heteroatoms. The number of nitrogens with one attached hydrogen (secondary N) is 2. The van der Waals surface area contributed by atoms with Gasteiger partial charge in [0.15, 0.2) is 0 Å². The normalized spacial score (nSPS) is 14.9. The topological polar surface area (TPSA) is 130 Å². The van der Waals surface area contributed by atoms with E-state index in [1.54, 1.807) is 17.0 Å². The molecule has 1 aromatic carbocycles. The smallest absolute Gasteiger partial charge is 0.298 e. The number of hydrogen-bond acceptors (Lipinski definition) is 6. The van der Waals surface area contributed by atoms with Crippen LogP contribution < -0.4 is 15.2 Å². The molecule has 0 unspecified atom stereocenters. The zero-order chi connectivity index (χ0) is 19.2. The number of fused-ring (bicyclic) bond motifs is 1. The first-order valence-electron chi connectivity index (χ1n) is 8.23. The van der Waals surface area contributed by atoms with E-state index in [1.165, 1.54) is 25.4 Å². The summed E-state index contributed by atoms with van der Waals surface area (Å²) in [6.45, 7) is 2.14. The van der Waals surface area contributed by atoms with Crippen molar-refractivity contribution < 1.29 is 13.2 Å². The Morgan fingerprint density at radius 1 is 1.19 bits per heavy atom. The Kier molecular flexibility index (Phi) is 3.95. The second-order valence-electron chi connectivity index (χ2n) is 6.15. The lowest BCUT2D eigenvalue weighted by atomic mass is 10.3. The second kappa shape index (κ2) is 6.20. The molecule has 10 nitrogen and oxygen atoms in total. The summed E-state index contributed by atoms with van der Waals surface area (Å²) in [7, 11) is -4.00. The van der Waals surface area contributed by atoms with Gasteiger partial charge in [0.1, 0.15) is 12.0 Å². The molecule has 1 amide bonds. The van der Waals surface area contributed by atoms with Crippen LogP contribution in [0.3, 0.4) is 0 Å². The summed E-state index contributed by atoms with van der Waals surface area (Å²) in [6.07, 6.45) is 2.57. The molecule has 3 heterocycles. The van der Waals surface area contributed by atoms with Crippen molar-refractivity contribution in [3.8, 4) is 0 Å². The van der Waals surface area contributed by atoms with Crippen molar-refractivity contribution in [2.45, 2.75) is 24.7 Å². The lowest BCUT2D eigenvalue weighted by molar-refractivity contribution is -0.117. The minimum atomic E-state index is -4.00. The highest BCUT2D eigenvalue weighted by Crippen LogP contribution is 2.24. The van der Waals surface area contributed by atoms with Gasteiger partial charge in [0.05, 0.1) is 10.6 Å². The molecule has 0 saturated carbocycles. The largest absolute Gasteiger partial charge is 0.312 e. The zero-order valence-electron chi connectivity index (χ0n) is 14.3. The number of H-pyrrole nitrogens is 1. The van der Waals surface area contributed by atoms with Gasteiger partial charge in [-0.25, -0.2) is 18.4 Å². The number of amides is 1. The van der Waals surface area contributed by atoms with E-state index in [9.17, 15) is 18.0 Å². The molecule has 0 spiro atoms. The molecule has 0 radical (unpaired) electrons. The van der Waals surface area contributed by atoms with Gasteiger partial charge in [-0.05, 0) is 37.6 Å². The molecule has 140 valence electrons. The van der Waals surface area contributed by atoms with E-state index in [-0.39, 0.29) is 28.0 Å². The molecular weight excluding hydrogens is 372 g/mol. The Labute approximate surface area is 153 Å². The average Bonchev–Trinajstić information content (AvgIpc) is 3.27. The van der Waals surface area contributed by atoms with E-state index in [1.807, 2.05) is 0 Å². The predicted molar refractivity (Wildman–Crippen MR) is 97.2 cm³/mol. The first-order valence-corrected chi connectivity index (χ1v) is 9.71. The molecule has 4 rings (SSSR count). The van der Waals surface area contributed by atoms with Gasteiger partial charge in [-0.3, -0.25) is 19.4 Å². The van der Waals surface area contributed by atoms with E-state index in [0.717, 1.165) is 10.9 Å². The SMILES string of the molecule is Cc1nc2nc[nH]n2c(=O)c1NS(=O)(=O)c1ccc(N2CCCC2=O)cc1. The third-order valence-electron chi connectivity index (χ3n) is 4.38. The summed E-state index contributed by atoms with van der Waals surface area (Å²) in [6, 6.07) is 5.96. The maximum absolute atomic E-state index is 12.7. The molecule has 27 heavy (non-hydrogen) atoms. The number of hydrogen-bond donors (Lipinski definition) is 2. The van der Waals surface area contributed by atoms with Gasteiger partial charge in [0.25, 0.3) is 21.4 Å². The first kappa shape index (κ1) is 17.2. The highest BCUT2D eigenvalue weighted by molar-refractivity contribution is 7.92. The molecule has 1 aliphatic rings. The number of aromatic nitrogens is 4. The minimum Gasteiger partial charge on any atom is -0.312 e. The zero-order valence-corrected chi connectivity index (χ0v) is 15.2. The maximum Gasteiger partial charge on any atom is 0.298 e. The Balaban J connectivity index is 1.66. The number of anilines is 2. The molecule has 3 aromatic rings. The fourth-order valence-corrected chi connectivity index (χ4v) is 4.11. The first-order chi connectivity index (χ1) is 12.9. The number of nitrogens with zero attached hydrogens (tertiary/aromatic N) is 4. The van der Waals surface area contributed by atoms with E-state index < -0.39 is 15.6 Å². The van der Waals surface area contributed by atoms with Crippen LogP contribution in [0, 0.1) is 6.92 Å². The summed E-state index contributed by atoms with van der Waals surface area (Å²) >= 11 is 0. The number of rotatable bonds is 4. The van der Waals surface area contributed by atoms with Crippen LogP contribution in [0.15, 0.2) is 40.3 Å². The second-order valence-corrected chi connectivity index (χ2v) is 7.83. The van der Waals surface area contributed by atoms with Gasteiger partial charge in [-0.1, -0.05) is 0 Å². The van der Waals surface area contributed by atoms with Gasteiger partial charge >= 0.3 is 0 Å². The Morgan fingerprint density at radius 2 is 1.93 bits per heavy atom. The number of benzene rings is 1. The molecule has 0 aliphatic carbocycles. The monoisotopic (exact) mass is 388 g/mol. The number of sulfonamides is 1. The van der Waals surface area contributed by atoms with E-state index in [0.29, 0.717) is 18.7 Å². The highest BCUT2D eigenvalue weighted by Gasteiger charge is 2.23. The number of aryl methyl sites for hydroxylation is 1. The van der Waals surface area contributed by atoms with Crippen molar-refractivity contribution in [1.82, 2.24) is 19.6 Å². The predicted octanol–water partition coefficient (Wildman–Crippen LogP) is 0.654. The van der Waals surface area contributed by atoms with Gasteiger partial charge in [-0.15, -0.1) is 0 Å². The van der Waals surface area contributed by atoms with Crippen molar-refractivity contribution in [3.63, 3.8) is 0 Å². The maximum atomic E-state index is 12.7. The van der Waals surface area contributed by atoms with Crippen LogP contribution in [0.2, 0.25) is 0 Å². The quantitative estimate of drug-likeness (QED) is 0.675. The third-order valence-corrected chi connectivity index (χ3v) is 5.75. The van der Waals surface area contributed by atoms with Crippen molar-refractivity contribution in [2.24, 2.45) is 0 Å². The Bertz CT molecular complexity index is 1200. The lowest BCUT2D eigenvalue weighted by Crippen LogP contribution is -2.26. The van der Waals surface area contributed by atoms with E-state index in [2.05, 4.69) is 19.8 Å². The van der Waals surface area contributed by atoms with Crippen LogP contribution in [-0.2, 0) is 14.8 Å². The third kappa shape index (κ3) is 2.95. The molecule has 2 N–H and O–H groups in total. The summed E-state index contributed by atoms with van der Waals surface area (Å²) < 4.78 is 28.7. The summed E-state index contributed by atoms with van der Waals surface area (Å²) in [5.74, 6) is 0.173. The van der Waals surface area contributed by atoms with Gasteiger partial charge < -0.3 is 4.90 Å². The standard InChI is InChI=1S/C16H16N6O4S/c1-10-14(15(24)22-16(19-10)17-9-18-22)20-27(25,26)12-6-4-11(5-7-12)21-8-2-3-13(21)23/h4-7,9,20H,2-3,8H2,1H3,(H,17,18,19). The number of aromatic amines is 1. The van der Waals surface area contributed by atoms with Crippen molar-refractivity contribution in [1.29, 1.82) is 0 Å². The molecular formula is C16H16N6O4S. The van der Waals surface area contributed by atoms with Crippen LogP contribution >= 0.6 is 0 Å². The molecule has 2 aromatic heterocycles. The fraction of sp³-hybridized carbons (Fsp3) is 0.250. The number of carbonyl (C=O) groups excluding carboxylic acids is 1. The van der Waals surface area contributed by atoms with Gasteiger partial charge in [-0.2, -0.15) is 4.52 Å². The van der Waals surface area contributed by atoms with Crippen molar-refractivity contribution in [2.75, 3.05) is 16.2 Å². The molecule has 0 bridgehead atoms. The minimum absolute atomic E-state index is 0.0197. The van der Waals surface area contributed by atoms with Crippen LogP contribution in [0.1, 0.15) is 18.5 Å². The summed E-state index contributed by atoms with van der Waals surface area (Å²) in [5.41, 5.74) is 0.108. The van der Waals surface area contributed by atoms with Crippen LogP contribution in [0.25, 0.3) is 5.78 Å². The Hall–Kier alpha value is -3.21. The van der Waals surface area contributed by atoms with Crippen LogP contribution in [0.5, 0.6) is 0 Å². The van der Waals surface area contributed by atoms with Gasteiger partial charge in [0.2, 0.25) is 5.91 Å².